The number of hydrogen-bond acceptors (Lipinski definition) is 5. The third-order valence-electron chi connectivity index (χ3n) is 4.34. The Hall–Kier alpha value is -0.500. The highest BCUT2D eigenvalue weighted by Gasteiger charge is 2.11. The van der Waals surface area contributed by atoms with Crippen LogP contribution in [0.15, 0.2) is 30.3 Å². The Bertz CT molecular complexity index is 515. The van der Waals surface area contributed by atoms with Gasteiger partial charge in [0, 0.05) is 56.5 Å². The van der Waals surface area contributed by atoms with Crippen LogP contribution in [0.25, 0.3) is 0 Å². The Kier molecular flexibility index (Phi) is 13.2. The van der Waals surface area contributed by atoms with Crippen LogP contribution in [0.2, 0.25) is 0 Å². The lowest BCUT2D eigenvalue weighted by Gasteiger charge is -2.27. The lowest BCUT2D eigenvalue weighted by Crippen LogP contribution is -2.32. The molecular formula is C20H33N3S4. The molecule has 0 bridgehead atoms. The van der Waals surface area contributed by atoms with Gasteiger partial charge in [-0.2, -0.15) is 0 Å². The van der Waals surface area contributed by atoms with Gasteiger partial charge in [0.2, 0.25) is 0 Å². The van der Waals surface area contributed by atoms with Gasteiger partial charge in [-0.25, -0.2) is 0 Å². The summed E-state index contributed by atoms with van der Waals surface area (Å²) in [5, 5.41) is 0. The molecule has 7 heteroatoms. The van der Waals surface area contributed by atoms with Gasteiger partial charge in [-0.15, -0.1) is 0 Å². The summed E-state index contributed by atoms with van der Waals surface area (Å²) < 4.78 is 2.01. The fraction of sp³-hybridized carbons (Fsp3) is 0.600. The summed E-state index contributed by atoms with van der Waals surface area (Å²) in [6.45, 7) is 14.5. The highest BCUT2D eigenvalue weighted by atomic mass is 32.2. The molecule has 0 aliphatic carbocycles. The second-order valence-corrected chi connectivity index (χ2v) is 9.35. The number of anilines is 1. The first-order valence-corrected chi connectivity index (χ1v) is 12.5. The molecule has 0 aromatic heterocycles. The molecule has 0 aliphatic heterocycles. The molecule has 152 valence electrons. The van der Waals surface area contributed by atoms with Crippen molar-refractivity contribution in [3.63, 3.8) is 0 Å². The Morgan fingerprint density at radius 2 is 1.15 bits per heavy atom. The van der Waals surface area contributed by atoms with Gasteiger partial charge in [-0.3, -0.25) is 0 Å². The van der Waals surface area contributed by atoms with Gasteiger partial charge in [0.1, 0.15) is 8.64 Å². The Balaban J connectivity index is 2.57. The van der Waals surface area contributed by atoms with E-state index in [1.807, 2.05) is 0 Å². The highest BCUT2D eigenvalue weighted by molar-refractivity contribution is 8.23. The predicted molar refractivity (Wildman–Crippen MR) is 135 cm³/mol. The van der Waals surface area contributed by atoms with E-state index in [0.717, 1.165) is 59.4 Å². The first-order chi connectivity index (χ1) is 13.1. The second kappa shape index (κ2) is 14.5. The number of thioether (sulfide) groups is 2. The molecule has 3 nitrogen and oxygen atoms in total. The zero-order valence-corrected chi connectivity index (χ0v) is 20.3. The first-order valence-electron chi connectivity index (χ1n) is 9.70. The number of thiocarbonyl (C=S) groups is 2. The molecule has 0 saturated carbocycles. The molecule has 27 heavy (non-hydrogen) atoms. The van der Waals surface area contributed by atoms with Gasteiger partial charge in [0.25, 0.3) is 0 Å². The van der Waals surface area contributed by atoms with Crippen molar-refractivity contribution in [3.8, 4) is 0 Å². The van der Waals surface area contributed by atoms with Crippen LogP contribution in [0.3, 0.4) is 0 Å². The van der Waals surface area contributed by atoms with Crippen molar-refractivity contribution in [3.05, 3.63) is 30.3 Å². The topological polar surface area (TPSA) is 9.72 Å². The van der Waals surface area contributed by atoms with E-state index in [2.05, 4.69) is 72.7 Å². The van der Waals surface area contributed by atoms with Crippen LogP contribution in [0.5, 0.6) is 0 Å². The summed E-state index contributed by atoms with van der Waals surface area (Å²) in [4.78, 5) is 6.92. The average Bonchev–Trinajstić information content (AvgIpc) is 2.69. The molecule has 0 fully saturated rings. The van der Waals surface area contributed by atoms with E-state index in [1.54, 1.807) is 23.5 Å². The summed E-state index contributed by atoms with van der Waals surface area (Å²) in [6.07, 6.45) is 0. The fourth-order valence-electron chi connectivity index (χ4n) is 2.64. The zero-order valence-electron chi connectivity index (χ0n) is 17.0. The monoisotopic (exact) mass is 443 g/mol. The van der Waals surface area contributed by atoms with Crippen molar-refractivity contribution < 1.29 is 0 Å². The van der Waals surface area contributed by atoms with Crippen LogP contribution in [0.4, 0.5) is 5.69 Å². The molecule has 0 N–H and O–H groups in total. The van der Waals surface area contributed by atoms with Gasteiger partial charge in [-0.1, -0.05) is 66.2 Å². The SMILES string of the molecule is CCN(CC)C(=S)SCCN(CCSC(=S)N(CC)CC)c1ccccc1. The molecule has 1 aromatic rings. The van der Waals surface area contributed by atoms with Crippen molar-refractivity contribution in [1.82, 2.24) is 9.80 Å². The standard InChI is InChI=1S/C20H33N3S4/c1-5-21(6-2)19(24)26-16-14-23(18-12-10-9-11-13-18)15-17-27-20(25)22(7-3)8-4/h9-13H,5-8,14-17H2,1-4H3. The number of benzene rings is 1. The summed E-state index contributed by atoms with van der Waals surface area (Å²) in [6, 6.07) is 10.6. The molecule has 0 radical (unpaired) electrons. The van der Waals surface area contributed by atoms with Crippen molar-refractivity contribution in [2.45, 2.75) is 27.7 Å². The Morgan fingerprint density at radius 3 is 1.52 bits per heavy atom. The van der Waals surface area contributed by atoms with Crippen LogP contribution in [0.1, 0.15) is 27.7 Å². The van der Waals surface area contributed by atoms with Gasteiger partial charge < -0.3 is 14.7 Å². The first kappa shape index (κ1) is 24.5. The second-order valence-electron chi connectivity index (χ2n) is 5.90. The van der Waals surface area contributed by atoms with E-state index in [0.29, 0.717) is 0 Å². The number of rotatable bonds is 11. The molecule has 0 atom stereocenters. The van der Waals surface area contributed by atoms with Crippen LogP contribution in [0, 0.1) is 0 Å². The fourth-order valence-corrected chi connectivity index (χ4v) is 5.51. The maximum absolute atomic E-state index is 5.56. The van der Waals surface area contributed by atoms with E-state index in [9.17, 15) is 0 Å². The van der Waals surface area contributed by atoms with Crippen LogP contribution in [-0.2, 0) is 0 Å². The molecule has 1 aromatic carbocycles. The van der Waals surface area contributed by atoms with Crippen LogP contribution in [-0.4, -0.2) is 69.2 Å². The maximum Gasteiger partial charge on any atom is 0.136 e. The average molecular weight is 444 g/mol. The molecule has 0 heterocycles. The summed E-state index contributed by atoms with van der Waals surface area (Å²) in [5.74, 6) is 1.99. The zero-order chi connectivity index (χ0) is 20.1. The third-order valence-corrected chi connectivity index (χ3v) is 7.35. The van der Waals surface area contributed by atoms with E-state index in [-0.39, 0.29) is 0 Å². The molecule has 0 amide bonds. The van der Waals surface area contributed by atoms with E-state index >= 15 is 0 Å². The maximum atomic E-state index is 5.56. The summed E-state index contributed by atoms with van der Waals surface area (Å²) in [5.41, 5.74) is 1.27. The van der Waals surface area contributed by atoms with E-state index < -0.39 is 0 Å². The van der Waals surface area contributed by atoms with Crippen LogP contribution < -0.4 is 4.90 Å². The lowest BCUT2D eigenvalue weighted by atomic mass is 10.3. The number of para-hydroxylation sites is 1. The Morgan fingerprint density at radius 1 is 0.741 bits per heavy atom. The van der Waals surface area contributed by atoms with Gasteiger partial charge in [-0.05, 0) is 39.8 Å². The Labute approximate surface area is 185 Å². The number of nitrogens with zero attached hydrogens (tertiary/aromatic N) is 3. The third kappa shape index (κ3) is 9.03. The molecule has 0 aliphatic rings. The number of hydrogen-bond donors (Lipinski definition) is 0. The summed E-state index contributed by atoms with van der Waals surface area (Å²) in [7, 11) is 0. The molecule has 0 spiro atoms. The van der Waals surface area contributed by atoms with Crippen molar-refractivity contribution >= 4 is 62.3 Å². The molecule has 0 unspecified atom stereocenters. The predicted octanol–water partition coefficient (Wildman–Crippen LogP) is 5.21. The van der Waals surface area contributed by atoms with Crippen molar-refractivity contribution in [1.29, 1.82) is 0 Å². The molecule has 1 rings (SSSR count). The van der Waals surface area contributed by atoms with E-state index in [1.165, 1.54) is 5.69 Å². The normalized spacial score (nSPS) is 10.5. The van der Waals surface area contributed by atoms with Crippen molar-refractivity contribution in [2.75, 3.05) is 55.7 Å². The van der Waals surface area contributed by atoms with Crippen LogP contribution >= 0.6 is 48.0 Å². The quantitative estimate of drug-likeness (QED) is 0.429. The highest BCUT2D eigenvalue weighted by Crippen LogP contribution is 2.18. The smallest absolute Gasteiger partial charge is 0.136 e. The largest absolute Gasteiger partial charge is 0.370 e. The minimum Gasteiger partial charge on any atom is -0.370 e. The lowest BCUT2D eigenvalue weighted by molar-refractivity contribution is 0.482. The van der Waals surface area contributed by atoms with Gasteiger partial charge in [0.15, 0.2) is 0 Å². The van der Waals surface area contributed by atoms with Gasteiger partial charge >= 0.3 is 0 Å². The minimum atomic E-state index is 0.976. The summed E-state index contributed by atoms with van der Waals surface area (Å²) >= 11 is 14.7. The molecular weight excluding hydrogens is 411 g/mol. The molecule has 0 saturated heterocycles. The minimum absolute atomic E-state index is 0.976. The van der Waals surface area contributed by atoms with E-state index in [4.69, 9.17) is 24.4 Å². The van der Waals surface area contributed by atoms with Gasteiger partial charge in [0.05, 0.1) is 0 Å². The van der Waals surface area contributed by atoms with Crippen molar-refractivity contribution in [2.24, 2.45) is 0 Å².